The van der Waals surface area contributed by atoms with E-state index in [1.807, 2.05) is 0 Å². The molecule has 0 saturated heterocycles. The van der Waals surface area contributed by atoms with Crippen LogP contribution in [-0.2, 0) is 12.7 Å². The van der Waals surface area contributed by atoms with Crippen LogP contribution >= 0.6 is 0 Å². The second-order valence-corrected chi connectivity index (χ2v) is 6.20. The number of rotatable bonds is 4. The van der Waals surface area contributed by atoms with Crippen molar-refractivity contribution in [1.29, 1.82) is 0 Å². The van der Waals surface area contributed by atoms with Crippen molar-refractivity contribution in [1.82, 2.24) is 15.1 Å². The van der Waals surface area contributed by atoms with Crippen LogP contribution in [0.15, 0.2) is 59.5 Å². The van der Waals surface area contributed by atoms with Gasteiger partial charge in [0.2, 0.25) is 0 Å². The fraction of sp³-hybridized carbons (Fsp3) is 0.150. The van der Waals surface area contributed by atoms with Crippen molar-refractivity contribution >= 4 is 5.91 Å². The summed E-state index contributed by atoms with van der Waals surface area (Å²) >= 11 is 0. The predicted molar refractivity (Wildman–Crippen MR) is 99.5 cm³/mol. The first kappa shape index (κ1) is 20.1. The van der Waals surface area contributed by atoms with Gasteiger partial charge in [-0.2, -0.15) is 18.3 Å². The normalized spacial score (nSPS) is 11.3. The van der Waals surface area contributed by atoms with Crippen molar-refractivity contribution in [3.05, 3.63) is 81.8 Å². The highest BCUT2D eigenvalue weighted by Crippen LogP contribution is 2.33. The number of alkyl halides is 3. The number of carbonyl (C=O) groups excluding carboxylic acids is 1. The van der Waals surface area contributed by atoms with Crippen molar-refractivity contribution in [2.24, 2.45) is 0 Å². The Balaban J connectivity index is 2.14. The molecule has 2 aromatic carbocycles. The second-order valence-electron chi connectivity index (χ2n) is 6.20. The molecular weight excluding hydrogens is 387 g/mol. The fourth-order valence-corrected chi connectivity index (χ4v) is 2.85. The lowest BCUT2D eigenvalue weighted by atomic mass is 9.97. The number of nitrogens with zero attached hydrogens (tertiary/aromatic N) is 2. The molecule has 2 N–H and O–H groups in total. The number of benzene rings is 2. The predicted octanol–water partition coefficient (Wildman–Crippen LogP) is 3.04. The third-order valence-corrected chi connectivity index (χ3v) is 4.24. The molecule has 0 saturated carbocycles. The van der Waals surface area contributed by atoms with Crippen molar-refractivity contribution in [2.75, 3.05) is 7.05 Å². The van der Waals surface area contributed by atoms with Gasteiger partial charge in [0.1, 0.15) is 0 Å². The number of aromatic nitrogens is 2. The van der Waals surface area contributed by atoms with Gasteiger partial charge in [0.15, 0.2) is 11.4 Å². The summed E-state index contributed by atoms with van der Waals surface area (Å²) in [5, 5.41) is 15.9. The van der Waals surface area contributed by atoms with E-state index in [0.717, 1.165) is 23.0 Å². The van der Waals surface area contributed by atoms with E-state index in [-0.39, 0.29) is 12.1 Å². The van der Waals surface area contributed by atoms with E-state index >= 15 is 0 Å². The maximum atomic E-state index is 13.2. The van der Waals surface area contributed by atoms with Gasteiger partial charge in [-0.1, -0.05) is 36.4 Å². The topological polar surface area (TPSA) is 84.2 Å². The first-order valence-electron chi connectivity index (χ1n) is 8.49. The molecule has 0 fully saturated rings. The molecule has 0 unspecified atom stereocenters. The lowest BCUT2D eigenvalue weighted by Gasteiger charge is -2.15. The van der Waals surface area contributed by atoms with Gasteiger partial charge in [-0.15, -0.1) is 0 Å². The Kier molecular flexibility index (Phi) is 5.40. The van der Waals surface area contributed by atoms with E-state index in [2.05, 4.69) is 10.4 Å². The number of hydrogen-bond acceptors (Lipinski definition) is 4. The van der Waals surface area contributed by atoms with E-state index in [9.17, 15) is 27.9 Å². The van der Waals surface area contributed by atoms with Gasteiger partial charge in [0, 0.05) is 7.05 Å². The zero-order valence-electron chi connectivity index (χ0n) is 15.2. The molecule has 3 rings (SSSR count). The second kappa shape index (κ2) is 7.78. The third kappa shape index (κ3) is 4.29. The number of nitrogens with one attached hydrogen (secondary N) is 1. The van der Waals surface area contributed by atoms with Crippen LogP contribution in [0.4, 0.5) is 13.2 Å². The summed E-state index contributed by atoms with van der Waals surface area (Å²) < 4.78 is 40.7. The van der Waals surface area contributed by atoms with E-state index in [1.165, 1.54) is 13.1 Å². The minimum Gasteiger partial charge on any atom is -0.503 e. The highest BCUT2D eigenvalue weighted by Gasteiger charge is 2.31. The molecule has 0 aliphatic carbocycles. The molecule has 9 heteroatoms. The molecule has 29 heavy (non-hydrogen) atoms. The number of halogens is 3. The summed E-state index contributed by atoms with van der Waals surface area (Å²) in [5.74, 6) is -1.54. The van der Waals surface area contributed by atoms with Crippen LogP contribution in [0.3, 0.4) is 0 Å². The molecule has 1 aromatic heterocycles. The third-order valence-electron chi connectivity index (χ3n) is 4.24. The Morgan fingerprint density at radius 3 is 2.48 bits per heavy atom. The summed E-state index contributed by atoms with van der Waals surface area (Å²) in [6.07, 6.45) is -3.57. The minimum atomic E-state index is -4.55. The van der Waals surface area contributed by atoms with Gasteiger partial charge in [0.05, 0.1) is 18.3 Å². The molecule has 0 bridgehead atoms. The van der Waals surface area contributed by atoms with Crippen molar-refractivity contribution < 1.29 is 23.1 Å². The van der Waals surface area contributed by atoms with Gasteiger partial charge < -0.3 is 10.4 Å². The summed E-state index contributed by atoms with van der Waals surface area (Å²) in [6, 6.07) is 12.1. The monoisotopic (exact) mass is 403 g/mol. The highest BCUT2D eigenvalue weighted by molar-refractivity contribution is 5.92. The van der Waals surface area contributed by atoms with Crippen LogP contribution < -0.4 is 10.7 Å². The largest absolute Gasteiger partial charge is 0.503 e. The molecule has 150 valence electrons. The van der Waals surface area contributed by atoms with Gasteiger partial charge in [0.25, 0.3) is 11.3 Å². The zero-order valence-corrected chi connectivity index (χ0v) is 15.2. The first-order chi connectivity index (χ1) is 13.7. The van der Waals surface area contributed by atoms with Crippen LogP contribution in [0.1, 0.15) is 21.6 Å². The molecule has 3 aromatic rings. The Bertz CT molecular complexity index is 1110. The SMILES string of the molecule is CNC(=O)c1nn(Cc2cc(C(F)(F)F)ccc2-c2ccccc2)cc(O)c1=O. The maximum absolute atomic E-state index is 13.2. The zero-order chi connectivity index (χ0) is 21.2. The van der Waals surface area contributed by atoms with Crippen molar-refractivity contribution in [3.8, 4) is 16.9 Å². The Labute approximate surface area is 163 Å². The average molecular weight is 403 g/mol. The molecule has 0 aliphatic rings. The van der Waals surface area contributed by atoms with Crippen LogP contribution in [0.5, 0.6) is 5.75 Å². The van der Waals surface area contributed by atoms with Gasteiger partial charge in [-0.05, 0) is 28.8 Å². The molecule has 0 aliphatic heterocycles. The molecule has 6 nitrogen and oxygen atoms in total. The number of amides is 1. The number of hydrogen-bond donors (Lipinski definition) is 2. The first-order valence-corrected chi connectivity index (χ1v) is 8.49. The Morgan fingerprint density at radius 1 is 1.17 bits per heavy atom. The highest BCUT2D eigenvalue weighted by atomic mass is 19.4. The molecular formula is C20H16F3N3O3. The molecule has 0 spiro atoms. The smallest absolute Gasteiger partial charge is 0.416 e. The number of aromatic hydroxyl groups is 1. The van der Waals surface area contributed by atoms with E-state index < -0.39 is 34.5 Å². The lowest BCUT2D eigenvalue weighted by Crippen LogP contribution is -2.29. The van der Waals surface area contributed by atoms with Crippen LogP contribution in [0.25, 0.3) is 11.1 Å². The number of carbonyl (C=O) groups is 1. The standard InChI is InChI=1S/C20H16F3N3O3/c1-24-19(29)17-18(28)16(27)11-26(25-17)10-13-9-14(20(21,22)23)7-8-15(13)12-5-3-2-4-6-12/h2-9,11,27H,10H2,1H3,(H,24,29). The van der Waals surface area contributed by atoms with E-state index in [1.54, 1.807) is 30.3 Å². The van der Waals surface area contributed by atoms with Gasteiger partial charge in [-0.25, -0.2) is 0 Å². The van der Waals surface area contributed by atoms with Crippen LogP contribution in [0.2, 0.25) is 0 Å². The summed E-state index contributed by atoms with van der Waals surface area (Å²) in [7, 11) is 1.29. The van der Waals surface area contributed by atoms with Crippen LogP contribution in [-0.4, -0.2) is 27.8 Å². The van der Waals surface area contributed by atoms with Crippen molar-refractivity contribution in [3.63, 3.8) is 0 Å². The van der Waals surface area contributed by atoms with E-state index in [0.29, 0.717) is 11.1 Å². The fourth-order valence-electron chi connectivity index (χ4n) is 2.85. The summed E-state index contributed by atoms with van der Waals surface area (Å²) in [6.45, 7) is -0.202. The average Bonchev–Trinajstić information content (AvgIpc) is 2.70. The van der Waals surface area contributed by atoms with Gasteiger partial charge >= 0.3 is 6.18 Å². The molecule has 1 heterocycles. The van der Waals surface area contributed by atoms with Crippen LogP contribution in [0, 0.1) is 0 Å². The molecule has 0 radical (unpaired) electrons. The quantitative estimate of drug-likeness (QED) is 0.701. The maximum Gasteiger partial charge on any atom is 0.416 e. The summed E-state index contributed by atoms with van der Waals surface area (Å²) in [5.41, 5.74) is -0.893. The van der Waals surface area contributed by atoms with Crippen molar-refractivity contribution in [2.45, 2.75) is 12.7 Å². The summed E-state index contributed by atoms with van der Waals surface area (Å²) in [4.78, 5) is 23.7. The Morgan fingerprint density at radius 2 is 1.86 bits per heavy atom. The molecule has 0 atom stereocenters. The van der Waals surface area contributed by atoms with E-state index in [4.69, 9.17) is 0 Å². The van der Waals surface area contributed by atoms with Gasteiger partial charge in [-0.3, -0.25) is 14.3 Å². The minimum absolute atomic E-state index is 0.202. The Hall–Kier alpha value is -3.62. The lowest BCUT2D eigenvalue weighted by molar-refractivity contribution is -0.137. The molecule has 1 amide bonds.